The van der Waals surface area contributed by atoms with Crippen molar-refractivity contribution in [2.45, 2.75) is 83.7 Å². The lowest BCUT2D eigenvalue weighted by atomic mass is 9.78. The van der Waals surface area contributed by atoms with E-state index in [-0.39, 0.29) is 0 Å². The van der Waals surface area contributed by atoms with Gasteiger partial charge in [-0.3, -0.25) is 4.90 Å². The summed E-state index contributed by atoms with van der Waals surface area (Å²) in [6.07, 6.45) is 12.4. The van der Waals surface area contributed by atoms with Crippen LogP contribution in [0, 0.1) is 0 Å². The van der Waals surface area contributed by atoms with E-state index in [1.165, 1.54) is 69.9 Å². The van der Waals surface area contributed by atoms with Gasteiger partial charge in [0.05, 0.1) is 0 Å². The van der Waals surface area contributed by atoms with Gasteiger partial charge in [-0.2, -0.15) is 0 Å². The van der Waals surface area contributed by atoms with Crippen LogP contribution < -0.4 is 0 Å². The molecule has 1 fully saturated rings. The minimum absolute atomic E-state index is 0.486. The van der Waals surface area contributed by atoms with E-state index in [9.17, 15) is 0 Å². The molecular weight excluding hydrogens is 254 g/mol. The van der Waals surface area contributed by atoms with E-state index in [0.717, 1.165) is 6.54 Å². The number of likely N-dealkylation sites (tertiary alicyclic amines) is 1. The number of hydrogen-bond acceptors (Lipinski definition) is 1. The van der Waals surface area contributed by atoms with Crippen LogP contribution in [-0.2, 0) is 6.54 Å². The fourth-order valence-electron chi connectivity index (χ4n) is 3.91. The second kappa shape index (κ2) is 8.58. The molecule has 0 spiro atoms. The van der Waals surface area contributed by atoms with E-state index in [4.69, 9.17) is 0 Å². The van der Waals surface area contributed by atoms with Crippen molar-refractivity contribution in [2.24, 2.45) is 0 Å². The third-order valence-electron chi connectivity index (χ3n) is 5.20. The largest absolute Gasteiger partial charge is 0.293 e. The summed E-state index contributed by atoms with van der Waals surface area (Å²) in [4.78, 5) is 2.83. The Morgan fingerprint density at radius 3 is 2.24 bits per heavy atom. The smallest absolute Gasteiger partial charge is 0.0239 e. The first-order chi connectivity index (χ1) is 10.3. The molecule has 0 atom stereocenters. The van der Waals surface area contributed by atoms with Crippen LogP contribution >= 0.6 is 0 Å². The van der Waals surface area contributed by atoms with Gasteiger partial charge in [0.2, 0.25) is 0 Å². The number of nitrogens with zero attached hydrogens (tertiary/aromatic N) is 1. The van der Waals surface area contributed by atoms with Gasteiger partial charge in [0, 0.05) is 12.1 Å². The number of unbranched alkanes of at least 4 members (excludes halogenated alkanes) is 2. The zero-order chi connectivity index (χ0) is 15.0. The van der Waals surface area contributed by atoms with Crippen LogP contribution in [0.2, 0.25) is 0 Å². The first-order valence-electron chi connectivity index (χ1n) is 9.10. The topological polar surface area (TPSA) is 3.24 Å². The molecule has 0 bridgehead atoms. The van der Waals surface area contributed by atoms with Crippen molar-refractivity contribution in [1.29, 1.82) is 0 Å². The van der Waals surface area contributed by atoms with Crippen molar-refractivity contribution >= 4 is 0 Å². The van der Waals surface area contributed by atoms with Gasteiger partial charge in [-0.1, -0.05) is 76.3 Å². The summed E-state index contributed by atoms with van der Waals surface area (Å²) < 4.78 is 0. The zero-order valence-electron chi connectivity index (χ0n) is 14.1. The lowest BCUT2D eigenvalue weighted by Gasteiger charge is -2.48. The molecule has 21 heavy (non-hydrogen) atoms. The van der Waals surface area contributed by atoms with Crippen LogP contribution in [0.1, 0.15) is 77.2 Å². The summed E-state index contributed by atoms with van der Waals surface area (Å²) in [7, 11) is 0. The number of rotatable bonds is 8. The van der Waals surface area contributed by atoms with Gasteiger partial charge < -0.3 is 0 Å². The summed E-state index contributed by atoms with van der Waals surface area (Å²) in [6.45, 7) is 7.10. The Morgan fingerprint density at radius 1 is 0.952 bits per heavy atom. The SMILES string of the molecule is CCCCC1(CCCC)CCCCN1Cc1ccccc1. The summed E-state index contributed by atoms with van der Waals surface area (Å²) in [5.41, 5.74) is 1.97. The number of benzene rings is 1. The van der Waals surface area contributed by atoms with Gasteiger partial charge in [-0.25, -0.2) is 0 Å². The fraction of sp³-hybridized carbons (Fsp3) is 0.700. The van der Waals surface area contributed by atoms with Gasteiger partial charge in [0.1, 0.15) is 0 Å². The molecule has 1 aliphatic rings. The molecule has 1 heterocycles. The van der Waals surface area contributed by atoms with Gasteiger partial charge in [0.15, 0.2) is 0 Å². The molecular formula is C20H33N. The Kier molecular flexibility index (Phi) is 6.76. The maximum Gasteiger partial charge on any atom is 0.0239 e. The van der Waals surface area contributed by atoms with Gasteiger partial charge in [0.25, 0.3) is 0 Å². The lowest BCUT2D eigenvalue weighted by Crippen LogP contribution is -2.51. The molecule has 2 rings (SSSR count). The Balaban J connectivity index is 2.12. The number of piperidine rings is 1. The van der Waals surface area contributed by atoms with Crippen molar-refractivity contribution in [3.63, 3.8) is 0 Å². The third kappa shape index (κ3) is 4.57. The Bertz CT molecular complexity index is 376. The highest BCUT2D eigenvalue weighted by atomic mass is 15.2. The molecule has 0 aliphatic carbocycles. The summed E-state index contributed by atoms with van der Waals surface area (Å²) in [6, 6.07) is 11.1. The van der Waals surface area contributed by atoms with E-state index in [1.54, 1.807) is 0 Å². The maximum atomic E-state index is 2.83. The molecule has 0 radical (unpaired) electrons. The first-order valence-corrected chi connectivity index (χ1v) is 9.10. The average Bonchev–Trinajstić information content (AvgIpc) is 2.54. The van der Waals surface area contributed by atoms with Crippen molar-refractivity contribution in [2.75, 3.05) is 6.54 Å². The summed E-state index contributed by atoms with van der Waals surface area (Å²) >= 11 is 0. The number of hydrogen-bond donors (Lipinski definition) is 0. The lowest BCUT2D eigenvalue weighted by molar-refractivity contribution is 0.0203. The molecule has 0 amide bonds. The molecule has 1 aromatic rings. The van der Waals surface area contributed by atoms with Gasteiger partial charge in [-0.05, 0) is 37.8 Å². The van der Waals surface area contributed by atoms with Crippen molar-refractivity contribution in [3.05, 3.63) is 35.9 Å². The monoisotopic (exact) mass is 287 g/mol. The highest BCUT2D eigenvalue weighted by Crippen LogP contribution is 2.38. The van der Waals surface area contributed by atoms with E-state index >= 15 is 0 Å². The first kappa shape index (κ1) is 16.5. The van der Waals surface area contributed by atoms with Crippen molar-refractivity contribution < 1.29 is 0 Å². The minimum Gasteiger partial charge on any atom is -0.293 e. The molecule has 0 unspecified atom stereocenters. The van der Waals surface area contributed by atoms with Crippen molar-refractivity contribution in [3.8, 4) is 0 Å². The predicted octanol–water partition coefficient (Wildman–Crippen LogP) is 5.79. The van der Waals surface area contributed by atoms with Crippen LogP contribution in [0.3, 0.4) is 0 Å². The second-order valence-corrected chi connectivity index (χ2v) is 6.80. The third-order valence-corrected chi connectivity index (χ3v) is 5.20. The van der Waals surface area contributed by atoms with E-state index in [0.29, 0.717) is 5.54 Å². The van der Waals surface area contributed by atoms with Crippen LogP contribution in [0.5, 0.6) is 0 Å². The van der Waals surface area contributed by atoms with Crippen LogP contribution in [0.15, 0.2) is 30.3 Å². The van der Waals surface area contributed by atoms with Crippen LogP contribution in [-0.4, -0.2) is 17.0 Å². The normalized spacial score (nSPS) is 18.8. The predicted molar refractivity (Wildman–Crippen MR) is 92.5 cm³/mol. The molecule has 1 saturated heterocycles. The molecule has 0 aromatic heterocycles. The van der Waals surface area contributed by atoms with E-state index in [1.807, 2.05) is 0 Å². The molecule has 1 aliphatic heterocycles. The Morgan fingerprint density at radius 2 is 1.62 bits per heavy atom. The molecule has 1 heteroatoms. The molecule has 0 N–H and O–H groups in total. The van der Waals surface area contributed by atoms with Gasteiger partial charge >= 0.3 is 0 Å². The minimum atomic E-state index is 0.486. The quantitative estimate of drug-likeness (QED) is 0.584. The Hall–Kier alpha value is -0.820. The molecule has 0 saturated carbocycles. The Labute approximate surface area is 131 Å². The standard InChI is InChI=1S/C20H33N/c1-3-5-14-20(15-6-4-2)16-10-11-17-21(20)18-19-12-8-7-9-13-19/h7-9,12-13H,3-6,10-11,14-18H2,1-2H3. The molecule has 1 aromatic carbocycles. The fourth-order valence-corrected chi connectivity index (χ4v) is 3.91. The van der Waals surface area contributed by atoms with E-state index in [2.05, 4.69) is 49.1 Å². The zero-order valence-corrected chi connectivity index (χ0v) is 14.1. The second-order valence-electron chi connectivity index (χ2n) is 6.80. The van der Waals surface area contributed by atoms with E-state index < -0.39 is 0 Å². The van der Waals surface area contributed by atoms with Gasteiger partial charge in [-0.15, -0.1) is 0 Å². The van der Waals surface area contributed by atoms with Crippen molar-refractivity contribution in [1.82, 2.24) is 4.90 Å². The summed E-state index contributed by atoms with van der Waals surface area (Å²) in [5.74, 6) is 0. The van der Waals surface area contributed by atoms with Crippen LogP contribution in [0.4, 0.5) is 0 Å². The summed E-state index contributed by atoms with van der Waals surface area (Å²) in [5, 5.41) is 0. The maximum absolute atomic E-state index is 2.83. The average molecular weight is 287 g/mol. The molecule has 118 valence electrons. The van der Waals surface area contributed by atoms with Crippen LogP contribution in [0.25, 0.3) is 0 Å². The molecule has 1 nitrogen and oxygen atoms in total. The highest BCUT2D eigenvalue weighted by molar-refractivity contribution is 5.15. The highest BCUT2D eigenvalue weighted by Gasteiger charge is 2.37.